The molecule has 1 aliphatic rings. The summed E-state index contributed by atoms with van der Waals surface area (Å²) in [5.74, 6) is 1.80. The number of rotatable bonds is 4. The van der Waals surface area contributed by atoms with E-state index in [0.717, 1.165) is 34.2 Å². The lowest BCUT2D eigenvalue weighted by molar-refractivity contribution is 0.340. The molecule has 1 N–H and O–H groups in total. The molecule has 0 bridgehead atoms. The molecule has 4 nitrogen and oxygen atoms in total. The van der Waals surface area contributed by atoms with Gasteiger partial charge in [-0.05, 0) is 60.9 Å². The summed E-state index contributed by atoms with van der Waals surface area (Å²) in [5, 5.41) is 4.39. The first-order valence-electron chi connectivity index (χ1n) is 9.94. The number of imidazole rings is 1. The Balaban J connectivity index is 1.60. The van der Waals surface area contributed by atoms with Crippen LogP contribution in [-0.2, 0) is 0 Å². The number of halogens is 1. The second-order valence-electron chi connectivity index (χ2n) is 7.30. The molecule has 0 radical (unpaired) electrons. The largest absolute Gasteiger partial charge is 0.494 e. The molecule has 0 spiro atoms. The third-order valence-corrected chi connectivity index (χ3v) is 5.77. The van der Waals surface area contributed by atoms with Crippen molar-refractivity contribution in [3.63, 3.8) is 0 Å². The molecular weight excluding hydrogens is 382 g/mol. The quantitative estimate of drug-likeness (QED) is 0.438. The van der Waals surface area contributed by atoms with E-state index >= 15 is 0 Å². The van der Waals surface area contributed by atoms with E-state index in [0.29, 0.717) is 6.61 Å². The van der Waals surface area contributed by atoms with Crippen LogP contribution in [0.25, 0.3) is 11.0 Å². The molecule has 2 heterocycles. The van der Waals surface area contributed by atoms with E-state index < -0.39 is 0 Å². The minimum atomic E-state index is 0.160. The molecule has 1 aliphatic heterocycles. The molecule has 0 aliphatic carbocycles. The average molecular weight is 404 g/mol. The van der Waals surface area contributed by atoms with Gasteiger partial charge in [0.2, 0.25) is 5.95 Å². The first-order valence-corrected chi connectivity index (χ1v) is 10.3. The fourth-order valence-electron chi connectivity index (χ4n) is 4.16. The maximum absolute atomic E-state index is 6.10. The third kappa shape index (κ3) is 3.34. The summed E-state index contributed by atoms with van der Waals surface area (Å²) in [6, 6.07) is 25.1. The van der Waals surface area contributed by atoms with Crippen molar-refractivity contribution in [1.82, 2.24) is 9.55 Å². The molecule has 4 aromatic rings. The van der Waals surface area contributed by atoms with Gasteiger partial charge in [0.15, 0.2) is 0 Å². The van der Waals surface area contributed by atoms with Crippen LogP contribution in [0.1, 0.15) is 36.6 Å². The van der Waals surface area contributed by atoms with Crippen LogP contribution in [0.15, 0.2) is 72.8 Å². The summed E-state index contributed by atoms with van der Waals surface area (Å²) in [7, 11) is 0. The predicted molar refractivity (Wildman–Crippen MR) is 118 cm³/mol. The molecule has 3 aromatic carbocycles. The van der Waals surface area contributed by atoms with E-state index in [1.807, 2.05) is 25.1 Å². The van der Waals surface area contributed by atoms with Crippen LogP contribution in [0.3, 0.4) is 0 Å². The number of anilines is 1. The molecule has 2 atom stereocenters. The minimum Gasteiger partial charge on any atom is -0.494 e. The zero-order valence-corrected chi connectivity index (χ0v) is 16.9. The van der Waals surface area contributed by atoms with E-state index in [1.54, 1.807) is 0 Å². The lowest BCUT2D eigenvalue weighted by Gasteiger charge is -2.33. The molecule has 0 saturated heterocycles. The lowest BCUT2D eigenvalue weighted by Crippen LogP contribution is -2.27. The van der Waals surface area contributed by atoms with Gasteiger partial charge >= 0.3 is 0 Å². The fraction of sp³-hybridized carbons (Fsp3) is 0.208. The number of ether oxygens (including phenoxy) is 1. The topological polar surface area (TPSA) is 39.1 Å². The highest BCUT2D eigenvalue weighted by Gasteiger charge is 2.30. The SMILES string of the molecule is CCOc1ccc([C@@H]2C[C@@H](c3ccc(Cl)cc3)Nc3nc4ccccc4n32)cc1. The summed E-state index contributed by atoms with van der Waals surface area (Å²) in [4.78, 5) is 4.87. The zero-order chi connectivity index (χ0) is 19.8. The number of hydrogen-bond acceptors (Lipinski definition) is 3. The maximum Gasteiger partial charge on any atom is 0.204 e. The molecule has 1 aromatic heterocycles. The van der Waals surface area contributed by atoms with Gasteiger partial charge < -0.3 is 14.6 Å². The maximum atomic E-state index is 6.10. The monoisotopic (exact) mass is 403 g/mol. The standard InChI is InChI=1S/C24H22ClN3O/c1-2-29-19-13-9-17(10-14-19)23-15-21(16-7-11-18(25)12-8-16)27-24-26-20-5-3-4-6-22(20)28(23)24/h3-14,21,23H,2,15H2,1H3,(H,26,27)/t21-,23-/m0/s1. The highest BCUT2D eigenvalue weighted by atomic mass is 35.5. The second-order valence-corrected chi connectivity index (χ2v) is 7.73. The van der Waals surface area contributed by atoms with Crippen molar-refractivity contribution in [1.29, 1.82) is 0 Å². The van der Waals surface area contributed by atoms with E-state index in [2.05, 4.69) is 64.5 Å². The molecule has 29 heavy (non-hydrogen) atoms. The number of aromatic nitrogens is 2. The first kappa shape index (κ1) is 18.1. The second kappa shape index (κ2) is 7.45. The van der Waals surface area contributed by atoms with Crippen LogP contribution in [-0.4, -0.2) is 16.2 Å². The van der Waals surface area contributed by atoms with Gasteiger partial charge in [-0.3, -0.25) is 0 Å². The Labute approximate surface area is 175 Å². The lowest BCUT2D eigenvalue weighted by atomic mass is 9.93. The molecule has 5 heteroatoms. The number of benzene rings is 3. The van der Waals surface area contributed by atoms with Crippen LogP contribution >= 0.6 is 11.6 Å². The summed E-state index contributed by atoms with van der Waals surface area (Å²) in [5.41, 5.74) is 4.60. The Hall–Kier alpha value is -2.98. The number of nitrogens with one attached hydrogen (secondary N) is 1. The van der Waals surface area contributed by atoms with Crippen molar-refractivity contribution in [3.8, 4) is 5.75 Å². The smallest absolute Gasteiger partial charge is 0.204 e. The van der Waals surface area contributed by atoms with Gasteiger partial charge in [0, 0.05) is 5.02 Å². The van der Waals surface area contributed by atoms with Crippen LogP contribution in [0.4, 0.5) is 5.95 Å². The van der Waals surface area contributed by atoms with Gasteiger partial charge in [0.25, 0.3) is 0 Å². The number of fused-ring (bicyclic) bond motifs is 3. The van der Waals surface area contributed by atoms with E-state index in [-0.39, 0.29) is 12.1 Å². The molecule has 5 rings (SSSR count). The van der Waals surface area contributed by atoms with Crippen molar-refractivity contribution >= 4 is 28.6 Å². The van der Waals surface area contributed by atoms with Gasteiger partial charge in [-0.2, -0.15) is 0 Å². The van der Waals surface area contributed by atoms with Crippen molar-refractivity contribution in [3.05, 3.63) is 88.9 Å². The average Bonchev–Trinajstić information content (AvgIpc) is 3.13. The number of nitrogens with zero attached hydrogens (tertiary/aromatic N) is 2. The number of para-hydroxylation sites is 2. The molecule has 0 unspecified atom stereocenters. The minimum absolute atomic E-state index is 0.160. The molecular formula is C24H22ClN3O. The molecule has 0 amide bonds. The summed E-state index contributed by atoms with van der Waals surface area (Å²) < 4.78 is 7.95. The summed E-state index contributed by atoms with van der Waals surface area (Å²) in [6.07, 6.45) is 0.920. The van der Waals surface area contributed by atoms with E-state index in [1.165, 1.54) is 11.1 Å². The third-order valence-electron chi connectivity index (χ3n) is 5.52. The molecule has 146 valence electrons. The van der Waals surface area contributed by atoms with Gasteiger partial charge in [-0.15, -0.1) is 0 Å². The molecule has 0 saturated carbocycles. The fourth-order valence-corrected chi connectivity index (χ4v) is 4.28. The predicted octanol–water partition coefficient (Wildman–Crippen LogP) is 6.23. The van der Waals surface area contributed by atoms with Crippen LogP contribution < -0.4 is 10.1 Å². The van der Waals surface area contributed by atoms with Crippen molar-refractivity contribution in [2.45, 2.75) is 25.4 Å². The Morgan fingerprint density at radius 2 is 1.72 bits per heavy atom. The Bertz CT molecular complexity index is 1140. The van der Waals surface area contributed by atoms with Crippen molar-refractivity contribution in [2.75, 3.05) is 11.9 Å². The van der Waals surface area contributed by atoms with Gasteiger partial charge in [-0.1, -0.05) is 48.0 Å². The highest BCUT2D eigenvalue weighted by molar-refractivity contribution is 6.30. The Morgan fingerprint density at radius 3 is 2.48 bits per heavy atom. The van der Waals surface area contributed by atoms with Crippen LogP contribution in [0, 0.1) is 0 Å². The van der Waals surface area contributed by atoms with Gasteiger partial charge in [0.1, 0.15) is 5.75 Å². The van der Waals surface area contributed by atoms with Crippen LogP contribution in [0.2, 0.25) is 5.02 Å². The van der Waals surface area contributed by atoms with E-state index in [4.69, 9.17) is 21.3 Å². The Morgan fingerprint density at radius 1 is 1.00 bits per heavy atom. The van der Waals surface area contributed by atoms with Gasteiger partial charge in [0.05, 0.1) is 29.7 Å². The number of hydrogen-bond donors (Lipinski definition) is 1. The van der Waals surface area contributed by atoms with Gasteiger partial charge in [-0.25, -0.2) is 4.98 Å². The Kier molecular flexibility index (Phi) is 4.64. The van der Waals surface area contributed by atoms with Crippen molar-refractivity contribution in [2.24, 2.45) is 0 Å². The van der Waals surface area contributed by atoms with Crippen LogP contribution in [0.5, 0.6) is 5.75 Å². The van der Waals surface area contributed by atoms with E-state index in [9.17, 15) is 0 Å². The van der Waals surface area contributed by atoms with Crippen molar-refractivity contribution < 1.29 is 4.74 Å². The molecule has 0 fully saturated rings. The first-order chi connectivity index (χ1) is 14.2. The zero-order valence-electron chi connectivity index (χ0n) is 16.2. The summed E-state index contributed by atoms with van der Waals surface area (Å²) in [6.45, 7) is 2.67. The highest BCUT2D eigenvalue weighted by Crippen LogP contribution is 2.41. The summed E-state index contributed by atoms with van der Waals surface area (Å²) >= 11 is 6.10. The normalized spacial score (nSPS) is 18.3.